The second-order valence-corrected chi connectivity index (χ2v) is 7.15. The first kappa shape index (κ1) is 20.9. The van der Waals surface area contributed by atoms with Crippen LogP contribution in [0.25, 0.3) is 0 Å². The minimum atomic E-state index is -3.55. The molecule has 0 aliphatic carbocycles. The second kappa shape index (κ2) is 8.32. The highest BCUT2D eigenvalue weighted by Crippen LogP contribution is 2.18. The van der Waals surface area contributed by atoms with Crippen molar-refractivity contribution in [3.8, 4) is 0 Å². The summed E-state index contributed by atoms with van der Waals surface area (Å²) >= 11 is 5.78. The van der Waals surface area contributed by atoms with Crippen LogP contribution < -0.4 is 15.5 Å². The predicted octanol–water partition coefficient (Wildman–Crippen LogP) is 2.01. The summed E-state index contributed by atoms with van der Waals surface area (Å²) in [6, 6.07) is 4.80. The summed E-state index contributed by atoms with van der Waals surface area (Å²) < 4.78 is 38.3. The van der Waals surface area contributed by atoms with Crippen LogP contribution in [0.4, 0.5) is 10.1 Å². The fourth-order valence-electron chi connectivity index (χ4n) is 1.93. The molecule has 4 N–H and O–H groups in total. The summed E-state index contributed by atoms with van der Waals surface area (Å²) in [4.78, 5) is 14.7. The smallest absolute Gasteiger partial charge is 0.255 e. The SMILES string of the molecule is CS(=O)(=O)Nc1ccc(F)cc1CNC(=O)c1cc(Cl)c[nH]c1=N.Cl. The molecule has 0 aliphatic heterocycles. The van der Waals surface area contributed by atoms with Crippen LogP contribution in [-0.2, 0) is 16.6 Å². The lowest BCUT2D eigenvalue weighted by atomic mass is 10.1. The van der Waals surface area contributed by atoms with E-state index in [1.54, 1.807) is 0 Å². The number of carbonyl (C=O) groups is 1. The van der Waals surface area contributed by atoms with E-state index in [1.165, 1.54) is 18.3 Å². The van der Waals surface area contributed by atoms with Crippen molar-refractivity contribution in [2.75, 3.05) is 11.0 Å². The van der Waals surface area contributed by atoms with Gasteiger partial charge in [-0.1, -0.05) is 11.6 Å². The number of hydrogen-bond acceptors (Lipinski definition) is 4. The molecule has 2 rings (SSSR count). The lowest BCUT2D eigenvalue weighted by molar-refractivity contribution is 0.0949. The highest BCUT2D eigenvalue weighted by atomic mass is 35.5. The molecule has 136 valence electrons. The topological polar surface area (TPSA) is 115 Å². The lowest BCUT2D eigenvalue weighted by Gasteiger charge is -2.12. The Hall–Kier alpha value is -2.10. The lowest BCUT2D eigenvalue weighted by Crippen LogP contribution is -2.29. The van der Waals surface area contributed by atoms with E-state index < -0.39 is 21.7 Å². The van der Waals surface area contributed by atoms with Crippen LogP contribution in [-0.4, -0.2) is 25.6 Å². The third kappa shape index (κ3) is 6.04. The van der Waals surface area contributed by atoms with Crippen molar-refractivity contribution in [1.82, 2.24) is 10.3 Å². The number of rotatable bonds is 5. The van der Waals surface area contributed by atoms with E-state index in [-0.39, 0.29) is 46.3 Å². The molecule has 1 aromatic heterocycles. The van der Waals surface area contributed by atoms with Gasteiger partial charge in [-0.3, -0.25) is 14.9 Å². The minimum Gasteiger partial charge on any atom is -0.348 e. The van der Waals surface area contributed by atoms with Crippen molar-refractivity contribution < 1.29 is 17.6 Å². The molecule has 25 heavy (non-hydrogen) atoms. The normalized spacial score (nSPS) is 10.7. The molecule has 0 saturated carbocycles. The zero-order valence-corrected chi connectivity index (χ0v) is 15.3. The number of nitrogens with one attached hydrogen (secondary N) is 4. The Morgan fingerprint density at radius 2 is 2.04 bits per heavy atom. The summed E-state index contributed by atoms with van der Waals surface area (Å²) in [5.41, 5.74) is 0.274. The molecule has 11 heteroatoms. The third-order valence-corrected chi connectivity index (χ3v) is 3.76. The van der Waals surface area contributed by atoms with Crippen molar-refractivity contribution in [2.45, 2.75) is 6.54 Å². The highest BCUT2D eigenvalue weighted by molar-refractivity contribution is 7.92. The van der Waals surface area contributed by atoms with Crippen LogP contribution in [0.1, 0.15) is 15.9 Å². The Bertz CT molecular complexity index is 947. The maximum Gasteiger partial charge on any atom is 0.255 e. The molecular formula is C14H15Cl2FN4O3S. The van der Waals surface area contributed by atoms with Gasteiger partial charge in [0.1, 0.15) is 11.3 Å². The molecule has 0 radical (unpaired) electrons. The fraction of sp³-hybridized carbons (Fsp3) is 0.143. The van der Waals surface area contributed by atoms with E-state index in [2.05, 4.69) is 15.0 Å². The fourth-order valence-corrected chi connectivity index (χ4v) is 2.69. The number of aromatic nitrogens is 1. The van der Waals surface area contributed by atoms with Gasteiger partial charge in [-0.2, -0.15) is 0 Å². The van der Waals surface area contributed by atoms with E-state index in [4.69, 9.17) is 17.0 Å². The first-order chi connectivity index (χ1) is 11.2. The zero-order chi connectivity index (χ0) is 17.9. The van der Waals surface area contributed by atoms with Crippen molar-refractivity contribution in [1.29, 1.82) is 5.41 Å². The van der Waals surface area contributed by atoms with Crippen molar-refractivity contribution in [2.24, 2.45) is 0 Å². The number of halogens is 3. The van der Waals surface area contributed by atoms with Gasteiger partial charge in [-0.25, -0.2) is 12.8 Å². The number of pyridine rings is 1. The largest absolute Gasteiger partial charge is 0.348 e. The minimum absolute atomic E-state index is 0. The van der Waals surface area contributed by atoms with Gasteiger partial charge in [0.15, 0.2) is 0 Å². The van der Waals surface area contributed by atoms with Crippen LogP contribution in [0.3, 0.4) is 0 Å². The van der Waals surface area contributed by atoms with Gasteiger partial charge in [0, 0.05) is 12.7 Å². The van der Waals surface area contributed by atoms with Crippen LogP contribution in [0, 0.1) is 11.2 Å². The summed E-state index contributed by atoms with van der Waals surface area (Å²) in [7, 11) is -3.55. The summed E-state index contributed by atoms with van der Waals surface area (Å²) in [5.74, 6) is -1.18. The molecule has 1 heterocycles. The monoisotopic (exact) mass is 408 g/mol. The number of H-pyrrole nitrogens is 1. The Morgan fingerprint density at radius 1 is 1.36 bits per heavy atom. The van der Waals surface area contributed by atoms with E-state index in [9.17, 15) is 17.6 Å². The van der Waals surface area contributed by atoms with Gasteiger partial charge in [0.25, 0.3) is 5.91 Å². The quantitative estimate of drug-likeness (QED) is 0.606. The Kier molecular flexibility index (Phi) is 6.97. The van der Waals surface area contributed by atoms with E-state index in [0.717, 1.165) is 18.4 Å². The molecule has 1 amide bonds. The van der Waals surface area contributed by atoms with Crippen LogP contribution in [0.5, 0.6) is 0 Å². The summed E-state index contributed by atoms with van der Waals surface area (Å²) in [6.45, 7) is -0.138. The molecule has 7 nitrogen and oxygen atoms in total. The van der Waals surface area contributed by atoms with Gasteiger partial charge >= 0.3 is 0 Å². The molecule has 2 aromatic rings. The molecule has 0 saturated heterocycles. The van der Waals surface area contributed by atoms with Crippen molar-refractivity contribution in [3.63, 3.8) is 0 Å². The molecule has 0 aliphatic rings. The number of aromatic amines is 1. The summed E-state index contributed by atoms with van der Waals surface area (Å²) in [6.07, 6.45) is 2.33. The molecular weight excluding hydrogens is 394 g/mol. The van der Waals surface area contributed by atoms with Crippen LogP contribution >= 0.6 is 24.0 Å². The zero-order valence-electron chi connectivity index (χ0n) is 12.9. The first-order valence-electron chi connectivity index (χ1n) is 6.63. The maximum atomic E-state index is 13.4. The van der Waals surface area contributed by atoms with Crippen LogP contribution in [0.15, 0.2) is 30.5 Å². The maximum absolute atomic E-state index is 13.4. The number of amides is 1. The van der Waals surface area contributed by atoms with E-state index >= 15 is 0 Å². The Balaban J connectivity index is 0.00000312. The molecule has 0 unspecified atom stereocenters. The van der Waals surface area contributed by atoms with Gasteiger partial charge in [0.05, 0.1) is 22.5 Å². The van der Waals surface area contributed by atoms with Gasteiger partial charge in [-0.05, 0) is 29.8 Å². The molecule has 1 aromatic carbocycles. The standard InChI is InChI=1S/C14H14ClFN4O3S.ClH/c1-24(22,23)20-12-3-2-10(16)4-8(12)6-19-14(21)11-5-9(15)7-18-13(11)17;/h2-5,7,20H,6H2,1H3,(H2,17,18)(H,19,21);1H. The predicted molar refractivity (Wildman–Crippen MR) is 94.9 cm³/mol. The molecule has 0 spiro atoms. The third-order valence-electron chi connectivity index (χ3n) is 2.95. The van der Waals surface area contributed by atoms with E-state index in [0.29, 0.717) is 0 Å². The number of benzene rings is 1. The van der Waals surface area contributed by atoms with Gasteiger partial charge < -0.3 is 10.3 Å². The Morgan fingerprint density at radius 3 is 2.68 bits per heavy atom. The number of sulfonamides is 1. The average molecular weight is 409 g/mol. The number of anilines is 1. The average Bonchev–Trinajstić information content (AvgIpc) is 2.48. The van der Waals surface area contributed by atoms with Crippen molar-refractivity contribution in [3.05, 3.63) is 57.9 Å². The molecule has 0 fully saturated rings. The first-order valence-corrected chi connectivity index (χ1v) is 8.90. The number of hydrogen-bond donors (Lipinski definition) is 4. The van der Waals surface area contributed by atoms with Gasteiger partial charge in [0.2, 0.25) is 10.0 Å². The van der Waals surface area contributed by atoms with Crippen LogP contribution in [0.2, 0.25) is 5.02 Å². The Labute approximate surface area is 154 Å². The summed E-state index contributed by atoms with van der Waals surface area (Å²) in [5, 5.41) is 10.4. The van der Waals surface area contributed by atoms with Crippen molar-refractivity contribution >= 4 is 45.6 Å². The van der Waals surface area contributed by atoms with E-state index in [1.807, 2.05) is 0 Å². The molecule has 0 bridgehead atoms. The number of carbonyl (C=O) groups excluding carboxylic acids is 1. The highest BCUT2D eigenvalue weighted by Gasteiger charge is 2.12. The van der Waals surface area contributed by atoms with Gasteiger partial charge in [-0.15, -0.1) is 12.4 Å². The second-order valence-electron chi connectivity index (χ2n) is 4.96. The molecule has 0 atom stereocenters.